The summed E-state index contributed by atoms with van der Waals surface area (Å²) in [6.45, 7) is 0.296. The molecule has 1 aliphatic rings. The number of amides is 1. The van der Waals surface area contributed by atoms with Gasteiger partial charge in [-0.25, -0.2) is 0 Å². The van der Waals surface area contributed by atoms with Gasteiger partial charge >= 0.3 is 7.59 Å². The molecule has 0 unspecified atom stereocenters. The minimum Gasteiger partial charge on any atom is -0.320 e. The summed E-state index contributed by atoms with van der Waals surface area (Å²) in [6.07, 6.45) is 0.469. The Kier molecular flexibility index (Phi) is 2.02. The van der Waals surface area contributed by atoms with Crippen LogP contribution in [0, 0.1) is 0 Å². The van der Waals surface area contributed by atoms with Gasteiger partial charge in [0.2, 0.25) is 5.91 Å². The van der Waals surface area contributed by atoms with Crippen molar-refractivity contribution < 1.29 is 9.36 Å². The molecule has 1 amide bonds. The predicted octanol–water partition coefficient (Wildman–Crippen LogP) is -1.43. The first kappa shape index (κ1) is 8.67. The third kappa shape index (κ3) is 1.59. The van der Waals surface area contributed by atoms with E-state index in [1.807, 2.05) is 0 Å². The minimum atomic E-state index is -3.40. The van der Waals surface area contributed by atoms with Gasteiger partial charge in [0.25, 0.3) is 0 Å². The number of nitrogens with zero attached hydrogens (tertiary/aromatic N) is 1. The molecule has 64 valence electrons. The molecule has 1 aliphatic heterocycles. The second-order valence-corrected chi connectivity index (χ2v) is 4.36. The quantitative estimate of drug-likeness (QED) is 0.426. The highest BCUT2D eigenvalue weighted by Gasteiger charge is 2.36. The van der Waals surface area contributed by atoms with Crippen molar-refractivity contribution in [2.24, 2.45) is 16.7 Å². The summed E-state index contributed by atoms with van der Waals surface area (Å²) >= 11 is 0. The van der Waals surface area contributed by atoms with Crippen molar-refractivity contribution in [2.75, 3.05) is 6.54 Å². The maximum Gasteiger partial charge on any atom is 0.302 e. The van der Waals surface area contributed by atoms with Crippen molar-refractivity contribution in [1.82, 2.24) is 4.67 Å². The zero-order chi connectivity index (χ0) is 8.65. The molecule has 0 spiro atoms. The van der Waals surface area contributed by atoms with Crippen LogP contribution in [-0.4, -0.2) is 23.2 Å². The molecule has 1 fully saturated rings. The molecule has 0 aromatic carbocycles. The Hall–Kier alpha value is -0.420. The van der Waals surface area contributed by atoms with E-state index < -0.39 is 19.5 Å². The van der Waals surface area contributed by atoms with Gasteiger partial charge in [0.15, 0.2) is 0 Å². The third-order valence-corrected chi connectivity index (χ3v) is 2.75. The van der Waals surface area contributed by atoms with E-state index in [4.69, 9.17) is 16.7 Å². The summed E-state index contributed by atoms with van der Waals surface area (Å²) in [5, 5.41) is 0. The molecule has 11 heavy (non-hydrogen) atoms. The fraction of sp³-hybridized carbons (Fsp3) is 0.750. The van der Waals surface area contributed by atoms with E-state index in [-0.39, 0.29) is 0 Å². The normalized spacial score (nSPS) is 26.3. The maximum atomic E-state index is 11.0. The highest BCUT2D eigenvalue weighted by Crippen LogP contribution is 2.35. The first-order valence-corrected chi connectivity index (χ1v) is 4.97. The fourth-order valence-corrected chi connectivity index (χ4v) is 1.88. The van der Waals surface area contributed by atoms with Crippen LogP contribution in [0.15, 0.2) is 0 Å². The Morgan fingerprint density at radius 2 is 2.09 bits per heavy atom. The van der Waals surface area contributed by atoms with E-state index in [0.717, 1.165) is 4.67 Å². The molecule has 0 saturated carbocycles. The van der Waals surface area contributed by atoms with Gasteiger partial charge in [-0.05, 0) is 6.42 Å². The number of nitrogens with two attached hydrogens (primary N) is 3. The summed E-state index contributed by atoms with van der Waals surface area (Å²) in [4.78, 5) is 11.0. The summed E-state index contributed by atoms with van der Waals surface area (Å²) in [5.41, 5.74) is 15.5. The van der Waals surface area contributed by atoms with E-state index in [2.05, 4.69) is 0 Å². The van der Waals surface area contributed by atoms with Crippen LogP contribution >= 0.6 is 7.59 Å². The molecule has 0 aromatic rings. The van der Waals surface area contributed by atoms with Crippen molar-refractivity contribution in [3.05, 3.63) is 0 Å². The van der Waals surface area contributed by atoms with Gasteiger partial charge in [0.05, 0.1) is 6.04 Å². The Balaban J connectivity index is 2.78. The number of carbonyl (C=O) groups is 1. The third-order valence-electron chi connectivity index (χ3n) is 1.60. The second-order valence-electron chi connectivity index (χ2n) is 2.53. The first-order valence-electron chi connectivity index (χ1n) is 3.17. The molecule has 0 radical (unpaired) electrons. The molecule has 1 rings (SSSR count). The van der Waals surface area contributed by atoms with Crippen molar-refractivity contribution in [1.29, 1.82) is 0 Å². The van der Waals surface area contributed by atoms with Gasteiger partial charge < -0.3 is 5.73 Å². The molecular formula is C4H11N4O2P. The fourth-order valence-electron chi connectivity index (χ4n) is 0.997. The molecule has 1 saturated heterocycles. The Morgan fingerprint density at radius 1 is 1.55 bits per heavy atom. The van der Waals surface area contributed by atoms with Crippen molar-refractivity contribution in [2.45, 2.75) is 12.5 Å². The number of hydrogen-bond donors (Lipinski definition) is 3. The van der Waals surface area contributed by atoms with E-state index >= 15 is 0 Å². The van der Waals surface area contributed by atoms with Gasteiger partial charge in [0.1, 0.15) is 0 Å². The van der Waals surface area contributed by atoms with Gasteiger partial charge in [-0.2, -0.15) is 0 Å². The second kappa shape index (κ2) is 2.57. The molecule has 7 heteroatoms. The van der Waals surface area contributed by atoms with Gasteiger partial charge in [-0.1, -0.05) is 0 Å². The van der Waals surface area contributed by atoms with Crippen LogP contribution in [0.1, 0.15) is 6.42 Å². The van der Waals surface area contributed by atoms with Crippen LogP contribution in [0.4, 0.5) is 0 Å². The Labute approximate surface area is 64.2 Å². The predicted molar refractivity (Wildman–Crippen MR) is 40.3 cm³/mol. The molecule has 6 nitrogen and oxygen atoms in total. The lowest BCUT2D eigenvalue weighted by Gasteiger charge is -2.19. The molecular weight excluding hydrogens is 167 g/mol. The lowest BCUT2D eigenvalue weighted by atomic mass is 10.3. The Bertz CT molecular complexity index is 224. The van der Waals surface area contributed by atoms with Crippen molar-refractivity contribution >= 4 is 13.5 Å². The molecule has 0 aromatic heterocycles. The zero-order valence-electron chi connectivity index (χ0n) is 5.93. The number of rotatable bonds is 1. The summed E-state index contributed by atoms with van der Waals surface area (Å²) in [6, 6.07) is -0.588. The monoisotopic (exact) mass is 178 g/mol. The van der Waals surface area contributed by atoms with Gasteiger partial charge in [-0.15, -0.1) is 0 Å². The smallest absolute Gasteiger partial charge is 0.302 e. The zero-order valence-corrected chi connectivity index (χ0v) is 6.83. The van der Waals surface area contributed by atoms with Crippen LogP contribution in [0.25, 0.3) is 0 Å². The largest absolute Gasteiger partial charge is 0.320 e. The number of carbonyl (C=O) groups excluding carboxylic acids is 1. The highest BCUT2D eigenvalue weighted by atomic mass is 31.2. The average molecular weight is 178 g/mol. The first-order chi connectivity index (χ1) is 4.93. The lowest BCUT2D eigenvalue weighted by molar-refractivity contribution is -0.124. The van der Waals surface area contributed by atoms with Crippen LogP contribution in [0.2, 0.25) is 0 Å². The van der Waals surface area contributed by atoms with E-state index in [9.17, 15) is 9.36 Å². The SMILES string of the molecule is N[C@H]1CCN(P(N)(N)=O)C1=O. The van der Waals surface area contributed by atoms with E-state index in [1.165, 1.54) is 0 Å². The van der Waals surface area contributed by atoms with Crippen LogP contribution in [-0.2, 0) is 9.36 Å². The maximum absolute atomic E-state index is 11.0. The van der Waals surface area contributed by atoms with Crippen LogP contribution in [0.3, 0.4) is 0 Å². The molecule has 1 atom stereocenters. The molecule has 6 N–H and O–H groups in total. The van der Waals surface area contributed by atoms with Gasteiger partial charge in [-0.3, -0.25) is 25.0 Å². The lowest BCUT2D eigenvalue weighted by Crippen LogP contribution is -2.36. The highest BCUT2D eigenvalue weighted by molar-refractivity contribution is 7.57. The minimum absolute atomic E-state index is 0.296. The molecule has 0 bridgehead atoms. The van der Waals surface area contributed by atoms with Crippen LogP contribution in [0.5, 0.6) is 0 Å². The van der Waals surface area contributed by atoms with Crippen molar-refractivity contribution in [3.63, 3.8) is 0 Å². The summed E-state index contributed by atoms with van der Waals surface area (Å²) in [5.74, 6) is -0.418. The molecule has 0 aliphatic carbocycles. The molecule has 1 heterocycles. The van der Waals surface area contributed by atoms with Crippen LogP contribution < -0.4 is 16.7 Å². The topological polar surface area (TPSA) is 115 Å². The van der Waals surface area contributed by atoms with Gasteiger partial charge in [0, 0.05) is 6.54 Å². The van der Waals surface area contributed by atoms with Crippen molar-refractivity contribution in [3.8, 4) is 0 Å². The summed E-state index contributed by atoms with van der Waals surface area (Å²) in [7, 11) is -3.40. The van der Waals surface area contributed by atoms with E-state index in [0.29, 0.717) is 13.0 Å². The van der Waals surface area contributed by atoms with E-state index in [1.54, 1.807) is 0 Å². The summed E-state index contributed by atoms with van der Waals surface area (Å²) < 4.78 is 11.9. The Morgan fingerprint density at radius 3 is 2.27 bits per heavy atom. The average Bonchev–Trinajstić information content (AvgIpc) is 2.11. The number of hydrogen-bond acceptors (Lipinski definition) is 3. The standard InChI is InChI=1S/C4H11N4O2P/c5-3-1-2-8(4(3)9)11(6,7)10/h3H,1-2,5H2,(H4,6,7,10)/t3-/m0/s1.